The van der Waals surface area contributed by atoms with Crippen LogP contribution in [0.15, 0.2) is 5.38 Å². The SMILES string of the molecule is CCNc1nnc(C(=O)Nc2nc(C(C)C)cs2)s1. The quantitative estimate of drug-likeness (QED) is 0.887. The molecular weight excluding hydrogens is 282 g/mol. The lowest BCUT2D eigenvalue weighted by molar-refractivity contribution is 0.102. The summed E-state index contributed by atoms with van der Waals surface area (Å²) in [6.45, 7) is 6.84. The van der Waals surface area contributed by atoms with Crippen molar-refractivity contribution in [3.63, 3.8) is 0 Å². The van der Waals surface area contributed by atoms with E-state index in [0.717, 1.165) is 12.2 Å². The zero-order valence-electron chi connectivity index (χ0n) is 10.9. The molecule has 0 atom stereocenters. The molecule has 0 unspecified atom stereocenters. The van der Waals surface area contributed by atoms with Crippen LogP contribution in [0, 0.1) is 0 Å². The Morgan fingerprint density at radius 1 is 1.37 bits per heavy atom. The average Bonchev–Trinajstić information content (AvgIpc) is 2.98. The predicted molar refractivity (Wildman–Crippen MR) is 78.2 cm³/mol. The van der Waals surface area contributed by atoms with Gasteiger partial charge in [0.15, 0.2) is 5.13 Å². The van der Waals surface area contributed by atoms with Crippen LogP contribution in [0.1, 0.15) is 42.2 Å². The van der Waals surface area contributed by atoms with Gasteiger partial charge in [-0.25, -0.2) is 4.98 Å². The third kappa shape index (κ3) is 3.48. The van der Waals surface area contributed by atoms with Crippen LogP contribution in [-0.4, -0.2) is 27.6 Å². The Hall–Kier alpha value is -1.54. The third-order valence-corrected chi connectivity index (χ3v) is 3.94. The van der Waals surface area contributed by atoms with Gasteiger partial charge < -0.3 is 5.32 Å². The van der Waals surface area contributed by atoms with Crippen LogP contribution in [-0.2, 0) is 0 Å². The Bertz CT molecular complexity index is 563. The lowest BCUT2D eigenvalue weighted by Crippen LogP contribution is -2.11. The molecule has 2 heterocycles. The van der Waals surface area contributed by atoms with E-state index < -0.39 is 0 Å². The van der Waals surface area contributed by atoms with Gasteiger partial charge >= 0.3 is 0 Å². The molecule has 2 aromatic heterocycles. The fourth-order valence-corrected chi connectivity index (χ4v) is 2.87. The maximum absolute atomic E-state index is 11.9. The number of nitrogens with zero attached hydrogens (tertiary/aromatic N) is 3. The molecule has 0 aliphatic carbocycles. The van der Waals surface area contributed by atoms with E-state index in [4.69, 9.17) is 0 Å². The first-order valence-corrected chi connectivity index (χ1v) is 7.64. The maximum Gasteiger partial charge on any atom is 0.288 e. The van der Waals surface area contributed by atoms with E-state index in [1.165, 1.54) is 22.7 Å². The molecule has 0 aliphatic rings. The van der Waals surface area contributed by atoms with Gasteiger partial charge in [0, 0.05) is 11.9 Å². The Kier molecular flexibility index (Phi) is 4.43. The summed E-state index contributed by atoms with van der Waals surface area (Å²) in [6.07, 6.45) is 0. The molecule has 6 nitrogen and oxygen atoms in total. The molecule has 1 amide bonds. The summed E-state index contributed by atoms with van der Waals surface area (Å²) in [5, 5.41) is 17.0. The first-order chi connectivity index (χ1) is 9.10. The van der Waals surface area contributed by atoms with Gasteiger partial charge in [0.05, 0.1) is 5.69 Å². The number of nitrogens with one attached hydrogen (secondary N) is 2. The van der Waals surface area contributed by atoms with Crippen LogP contribution in [0.4, 0.5) is 10.3 Å². The standard InChI is InChI=1S/C11H15N5OS2/c1-4-12-10-16-15-9(19-10)8(17)14-11-13-7(5-18-11)6(2)3/h5-6H,4H2,1-3H3,(H,12,16)(H,13,14,17). The Balaban J connectivity index is 2.02. The molecular formula is C11H15N5OS2. The van der Waals surface area contributed by atoms with E-state index in [9.17, 15) is 4.79 Å². The van der Waals surface area contributed by atoms with E-state index >= 15 is 0 Å². The number of hydrogen-bond donors (Lipinski definition) is 2. The predicted octanol–water partition coefficient (Wildman–Crippen LogP) is 2.80. The van der Waals surface area contributed by atoms with Crippen molar-refractivity contribution in [2.45, 2.75) is 26.7 Å². The molecule has 2 N–H and O–H groups in total. The summed E-state index contributed by atoms with van der Waals surface area (Å²) >= 11 is 2.65. The lowest BCUT2D eigenvalue weighted by atomic mass is 10.2. The second-order valence-electron chi connectivity index (χ2n) is 4.13. The highest BCUT2D eigenvalue weighted by Gasteiger charge is 2.15. The minimum Gasteiger partial charge on any atom is -0.360 e. The van der Waals surface area contributed by atoms with Crippen LogP contribution in [0.5, 0.6) is 0 Å². The molecule has 0 fully saturated rings. The highest BCUT2D eigenvalue weighted by atomic mass is 32.1. The molecule has 0 aromatic carbocycles. The van der Waals surface area contributed by atoms with E-state index in [2.05, 4.69) is 39.7 Å². The van der Waals surface area contributed by atoms with Crippen molar-refractivity contribution in [2.24, 2.45) is 0 Å². The minimum absolute atomic E-state index is 0.272. The van der Waals surface area contributed by atoms with Crippen LogP contribution in [0.2, 0.25) is 0 Å². The summed E-state index contributed by atoms with van der Waals surface area (Å²) in [5.74, 6) is 0.0788. The summed E-state index contributed by atoms with van der Waals surface area (Å²) in [6, 6.07) is 0. The van der Waals surface area contributed by atoms with Crippen LogP contribution in [0.3, 0.4) is 0 Å². The van der Waals surface area contributed by atoms with Crippen LogP contribution < -0.4 is 10.6 Å². The van der Waals surface area contributed by atoms with Crippen molar-refractivity contribution in [1.82, 2.24) is 15.2 Å². The third-order valence-electron chi connectivity index (χ3n) is 2.28. The summed E-state index contributed by atoms with van der Waals surface area (Å²) in [7, 11) is 0. The average molecular weight is 297 g/mol. The smallest absolute Gasteiger partial charge is 0.288 e. The fraction of sp³-hybridized carbons (Fsp3) is 0.455. The van der Waals surface area contributed by atoms with Crippen LogP contribution in [0.25, 0.3) is 0 Å². The second kappa shape index (κ2) is 6.07. The first-order valence-electron chi connectivity index (χ1n) is 5.94. The van der Waals surface area contributed by atoms with Crippen LogP contribution >= 0.6 is 22.7 Å². The van der Waals surface area contributed by atoms with Gasteiger partial charge in [-0.05, 0) is 12.8 Å². The normalized spacial score (nSPS) is 10.7. The molecule has 19 heavy (non-hydrogen) atoms. The Labute approximate surface area is 119 Å². The zero-order chi connectivity index (χ0) is 13.8. The molecule has 0 saturated carbocycles. The number of carbonyl (C=O) groups is 1. The molecule has 8 heteroatoms. The summed E-state index contributed by atoms with van der Waals surface area (Å²) in [4.78, 5) is 16.3. The fourth-order valence-electron chi connectivity index (χ4n) is 1.30. The zero-order valence-corrected chi connectivity index (χ0v) is 12.6. The number of hydrogen-bond acceptors (Lipinski definition) is 7. The number of thiazole rings is 1. The topological polar surface area (TPSA) is 79.8 Å². The number of amides is 1. The number of aromatic nitrogens is 3. The van der Waals surface area contributed by atoms with Gasteiger partial charge in [-0.3, -0.25) is 10.1 Å². The van der Waals surface area contributed by atoms with Crippen molar-refractivity contribution in [3.05, 3.63) is 16.1 Å². The van der Waals surface area contributed by atoms with Crippen molar-refractivity contribution < 1.29 is 4.79 Å². The van der Waals surface area contributed by atoms with Gasteiger partial charge in [-0.2, -0.15) is 0 Å². The van der Waals surface area contributed by atoms with E-state index in [1.807, 2.05) is 12.3 Å². The molecule has 2 aromatic rings. The van der Waals surface area contributed by atoms with Crippen molar-refractivity contribution in [3.8, 4) is 0 Å². The molecule has 0 spiro atoms. The van der Waals surface area contributed by atoms with Crippen molar-refractivity contribution in [1.29, 1.82) is 0 Å². The monoisotopic (exact) mass is 297 g/mol. The second-order valence-corrected chi connectivity index (χ2v) is 5.96. The highest BCUT2D eigenvalue weighted by molar-refractivity contribution is 7.17. The number of carbonyl (C=O) groups excluding carboxylic acids is 1. The van der Waals surface area contributed by atoms with Gasteiger partial charge in [0.1, 0.15) is 0 Å². The lowest BCUT2D eigenvalue weighted by Gasteiger charge is -1.98. The molecule has 0 radical (unpaired) electrons. The van der Waals surface area contributed by atoms with E-state index in [-0.39, 0.29) is 5.91 Å². The molecule has 0 saturated heterocycles. The van der Waals surface area contributed by atoms with Crippen molar-refractivity contribution >= 4 is 38.8 Å². The highest BCUT2D eigenvalue weighted by Crippen LogP contribution is 2.22. The Morgan fingerprint density at radius 2 is 2.16 bits per heavy atom. The maximum atomic E-state index is 11.9. The number of rotatable bonds is 5. The van der Waals surface area contributed by atoms with E-state index in [1.54, 1.807) is 0 Å². The van der Waals surface area contributed by atoms with E-state index in [0.29, 0.717) is 21.2 Å². The summed E-state index contributed by atoms with van der Waals surface area (Å²) in [5.41, 5.74) is 0.978. The van der Waals surface area contributed by atoms with Gasteiger partial charge in [0.25, 0.3) is 5.91 Å². The molecule has 0 aliphatic heterocycles. The molecule has 2 rings (SSSR count). The largest absolute Gasteiger partial charge is 0.360 e. The minimum atomic E-state index is -0.272. The van der Waals surface area contributed by atoms with Crippen molar-refractivity contribution in [2.75, 3.05) is 17.2 Å². The van der Waals surface area contributed by atoms with Gasteiger partial charge in [-0.1, -0.05) is 25.2 Å². The Morgan fingerprint density at radius 3 is 2.79 bits per heavy atom. The molecule has 102 valence electrons. The molecule has 0 bridgehead atoms. The summed E-state index contributed by atoms with van der Waals surface area (Å²) < 4.78 is 0. The van der Waals surface area contributed by atoms with Gasteiger partial charge in [0.2, 0.25) is 10.1 Å². The number of anilines is 2. The van der Waals surface area contributed by atoms with Gasteiger partial charge in [-0.15, -0.1) is 21.5 Å². The first kappa shape index (κ1) is 13.9.